The predicted octanol–water partition coefficient (Wildman–Crippen LogP) is 1.36. The molecule has 0 bridgehead atoms. The minimum atomic E-state index is -0.510. The topological polar surface area (TPSA) is 85.5 Å². The SMILES string of the molecule is NCC1CCN(Cc2ccc([N+](=O)[O-])o2)CC1. The van der Waals surface area contributed by atoms with Gasteiger partial charge in [-0.2, -0.15) is 0 Å². The quantitative estimate of drug-likeness (QED) is 0.633. The summed E-state index contributed by atoms with van der Waals surface area (Å²) in [5.74, 6) is 1.09. The Morgan fingerprint density at radius 2 is 2.18 bits per heavy atom. The third kappa shape index (κ3) is 3.04. The Hall–Kier alpha value is -1.40. The summed E-state index contributed by atoms with van der Waals surface area (Å²) in [4.78, 5) is 12.2. The molecule has 2 rings (SSSR count). The number of hydrogen-bond acceptors (Lipinski definition) is 5. The van der Waals surface area contributed by atoms with E-state index in [9.17, 15) is 10.1 Å². The van der Waals surface area contributed by atoms with Crippen molar-refractivity contribution in [1.29, 1.82) is 0 Å². The average Bonchev–Trinajstić information content (AvgIpc) is 2.79. The van der Waals surface area contributed by atoms with E-state index in [1.165, 1.54) is 6.07 Å². The van der Waals surface area contributed by atoms with Gasteiger partial charge in [-0.25, -0.2) is 0 Å². The first kappa shape index (κ1) is 12.1. The van der Waals surface area contributed by atoms with Crippen LogP contribution >= 0.6 is 0 Å². The minimum Gasteiger partial charge on any atom is -0.404 e. The fourth-order valence-electron chi connectivity index (χ4n) is 2.15. The summed E-state index contributed by atoms with van der Waals surface area (Å²) in [5.41, 5.74) is 5.63. The molecule has 0 spiro atoms. The number of rotatable bonds is 4. The number of nitro groups is 1. The molecule has 0 aromatic carbocycles. The third-order valence-corrected chi connectivity index (χ3v) is 3.25. The van der Waals surface area contributed by atoms with Gasteiger partial charge in [0, 0.05) is 0 Å². The summed E-state index contributed by atoms with van der Waals surface area (Å²) < 4.78 is 5.14. The van der Waals surface area contributed by atoms with Crippen LogP contribution in [0, 0.1) is 16.0 Å². The molecule has 17 heavy (non-hydrogen) atoms. The molecule has 94 valence electrons. The molecular formula is C11H17N3O3. The van der Waals surface area contributed by atoms with Crippen molar-refractivity contribution < 1.29 is 9.34 Å². The third-order valence-electron chi connectivity index (χ3n) is 3.25. The smallest absolute Gasteiger partial charge is 0.404 e. The first-order valence-electron chi connectivity index (χ1n) is 5.84. The van der Waals surface area contributed by atoms with Crippen LogP contribution in [0.1, 0.15) is 18.6 Å². The molecule has 1 aromatic heterocycles. The maximum atomic E-state index is 10.5. The Balaban J connectivity index is 1.86. The second kappa shape index (κ2) is 5.29. The van der Waals surface area contributed by atoms with Gasteiger partial charge in [-0.1, -0.05) is 0 Å². The van der Waals surface area contributed by atoms with Crippen molar-refractivity contribution in [2.45, 2.75) is 19.4 Å². The molecule has 0 atom stereocenters. The van der Waals surface area contributed by atoms with E-state index in [2.05, 4.69) is 4.90 Å². The lowest BCUT2D eigenvalue weighted by Gasteiger charge is -2.30. The van der Waals surface area contributed by atoms with Crippen molar-refractivity contribution in [3.05, 3.63) is 28.0 Å². The highest BCUT2D eigenvalue weighted by Crippen LogP contribution is 2.21. The van der Waals surface area contributed by atoms with Crippen LogP contribution in [0.5, 0.6) is 0 Å². The summed E-state index contributed by atoms with van der Waals surface area (Å²) in [6, 6.07) is 3.08. The van der Waals surface area contributed by atoms with Gasteiger partial charge in [0.15, 0.2) is 0 Å². The van der Waals surface area contributed by atoms with Gasteiger partial charge in [0.25, 0.3) is 0 Å². The molecule has 0 amide bonds. The standard InChI is InChI=1S/C11H17N3O3/c12-7-9-3-5-13(6-4-9)8-10-1-2-11(17-10)14(15)16/h1-2,9H,3-8,12H2. The minimum absolute atomic E-state index is 0.183. The fraction of sp³-hybridized carbons (Fsp3) is 0.636. The van der Waals surface area contributed by atoms with Crippen LogP contribution in [-0.4, -0.2) is 29.5 Å². The van der Waals surface area contributed by atoms with Gasteiger partial charge in [-0.15, -0.1) is 0 Å². The molecule has 0 unspecified atom stereocenters. The second-order valence-electron chi connectivity index (χ2n) is 4.45. The number of furan rings is 1. The Morgan fingerprint density at radius 1 is 1.47 bits per heavy atom. The summed E-state index contributed by atoms with van der Waals surface area (Å²) in [6.07, 6.45) is 2.19. The molecule has 0 aliphatic carbocycles. The average molecular weight is 239 g/mol. The zero-order valence-electron chi connectivity index (χ0n) is 9.67. The molecule has 2 N–H and O–H groups in total. The molecule has 1 fully saturated rings. The van der Waals surface area contributed by atoms with Crippen molar-refractivity contribution in [2.75, 3.05) is 19.6 Å². The number of hydrogen-bond donors (Lipinski definition) is 1. The normalized spacial score (nSPS) is 18.4. The molecule has 6 nitrogen and oxygen atoms in total. The van der Waals surface area contributed by atoms with Crippen LogP contribution < -0.4 is 5.73 Å². The number of likely N-dealkylation sites (tertiary alicyclic amines) is 1. The van der Waals surface area contributed by atoms with Gasteiger partial charge in [-0.3, -0.25) is 15.0 Å². The van der Waals surface area contributed by atoms with E-state index in [1.807, 2.05) is 0 Å². The zero-order valence-corrected chi connectivity index (χ0v) is 9.67. The molecule has 1 saturated heterocycles. The fourth-order valence-corrected chi connectivity index (χ4v) is 2.15. The van der Waals surface area contributed by atoms with Crippen LogP contribution in [0.2, 0.25) is 0 Å². The lowest BCUT2D eigenvalue weighted by Crippen LogP contribution is -2.35. The van der Waals surface area contributed by atoms with E-state index in [1.54, 1.807) is 6.07 Å². The molecule has 1 aliphatic rings. The maximum Gasteiger partial charge on any atom is 0.433 e. The van der Waals surface area contributed by atoms with Gasteiger partial charge in [0.2, 0.25) is 0 Å². The summed E-state index contributed by atoms with van der Waals surface area (Å²) in [5, 5.41) is 10.5. The van der Waals surface area contributed by atoms with E-state index < -0.39 is 4.92 Å². The van der Waals surface area contributed by atoms with E-state index in [0.29, 0.717) is 18.2 Å². The monoisotopic (exact) mass is 239 g/mol. The van der Waals surface area contributed by atoms with Crippen LogP contribution in [0.15, 0.2) is 16.5 Å². The Labute approximate surface area is 99.5 Å². The number of piperidine rings is 1. The second-order valence-corrected chi connectivity index (χ2v) is 4.45. The molecule has 1 aliphatic heterocycles. The van der Waals surface area contributed by atoms with Gasteiger partial charge in [0.1, 0.15) is 10.7 Å². The highest BCUT2D eigenvalue weighted by molar-refractivity contribution is 5.17. The summed E-state index contributed by atoms with van der Waals surface area (Å²) in [7, 11) is 0. The van der Waals surface area contributed by atoms with Crippen molar-refractivity contribution in [3.8, 4) is 0 Å². The van der Waals surface area contributed by atoms with Crippen LogP contribution in [0.3, 0.4) is 0 Å². The van der Waals surface area contributed by atoms with Gasteiger partial charge in [0.05, 0.1) is 12.6 Å². The van der Waals surface area contributed by atoms with E-state index >= 15 is 0 Å². The molecule has 0 saturated carbocycles. The van der Waals surface area contributed by atoms with Crippen molar-refractivity contribution in [3.63, 3.8) is 0 Å². The van der Waals surface area contributed by atoms with E-state index in [0.717, 1.165) is 32.5 Å². The number of nitrogens with two attached hydrogens (primary N) is 1. The molecular weight excluding hydrogens is 222 g/mol. The maximum absolute atomic E-state index is 10.5. The molecule has 0 radical (unpaired) electrons. The highest BCUT2D eigenvalue weighted by atomic mass is 16.6. The summed E-state index contributed by atoms with van der Waals surface area (Å²) in [6.45, 7) is 3.36. The Morgan fingerprint density at radius 3 is 2.71 bits per heavy atom. The first-order valence-corrected chi connectivity index (χ1v) is 5.84. The van der Waals surface area contributed by atoms with Crippen LogP contribution in [0.4, 0.5) is 5.88 Å². The Kier molecular flexibility index (Phi) is 3.75. The van der Waals surface area contributed by atoms with E-state index in [-0.39, 0.29) is 5.88 Å². The molecule has 6 heteroatoms. The Bertz CT molecular complexity index is 383. The zero-order chi connectivity index (χ0) is 12.3. The van der Waals surface area contributed by atoms with Gasteiger partial charge in [-0.05, 0) is 44.5 Å². The predicted molar refractivity (Wildman–Crippen MR) is 62.4 cm³/mol. The van der Waals surface area contributed by atoms with E-state index in [4.69, 9.17) is 10.2 Å². The van der Waals surface area contributed by atoms with Gasteiger partial charge >= 0.3 is 5.88 Å². The molecule has 1 aromatic rings. The largest absolute Gasteiger partial charge is 0.433 e. The summed E-state index contributed by atoms with van der Waals surface area (Å²) >= 11 is 0. The van der Waals surface area contributed by atoms with Crippen LogP contribution in [0.25, 0.3) is 0 Å². The van der Waals surface area contributed by atoms with Crippen molar-refractivity contribution in [1.82, 2.24) is 4.90 Å². The van der Waals surface area contributed by atoms with Crippen molar-refractivity contribution in [2.24, 2.45) is 11.7 Å². The molecule has 2 heterocycles. The number of nitrogens with zero attached hydrogens (tertiary/aromatic N) is 2. The first-order chi connectivity index (χ1) is 8.19. The van der Waals surface area contributed by atoms with Gasteiger partial charge < -0.3 is 10.2 Å². The lowest BCUT2D eigenvalue weighted by molar-refractivity contribution is -0.402. The van der Waals surface area contributed by atoms with Crippen LogP contribution in [-0.2, 0) is 6.54 Å². The highest BCUT2D eigenvalue weighted by Gasteiger charge is 2.20. The lowest BCUT2D eigenvalue weighted by atomic mass is 9.97. The van der Waals surface area contributed by atoms with Crippen molar-refractivity contribution >= 4 is 5.88 Å².